The molecule has 0 saturated carbocycles. The third-order valence-corrected chi connectivity index (χ3v) is 2.22. The quantitative estimate of drug-likeness (QED) is 0.718. The molecule has 2 rings (SSSR count). The van der Waals surface area contributed by atoms with Crippen LogP contribution < -0.4 is 4.90 Å². The predicted octanol–water partition coefficient (Wildman–Crippen LogP) is 3.07. The van der Waals surface area contributed by atoms with Gasteiger partial charge in [-0.25, -0.2) is 0 Å². The highest BCUT2D eigenvalue weighted by molar-refractivity contribution is 5.70. The number of anilines is 1. The highest BCUT2D eigenvalue weighted by Gasteiger charge is 2.30. The first-order chi connectivity index (χ1) is 7.57. The lowest BCUT2D eigenvalue weighted by molar-refractivity contribution is -0.137. The Balaban J connectivity index is 2.29. The summed E-state index contributed by atoms with van der Waals surface area (Å²) in [6.45, 7) is 0.484. The zero-order valence-corrected chi connectivity index (χ0v) is 8.28. The van der Waals surface area contributed by atoms with Gasteiger partial charge in [0.1, 0.15) is 0 Å². The van der Waals surface area contributed by atoms with Gasteiger partial charge in [0, 0.05) is 24.3 Å². The van der Waals surface area contributed by atoms with Crippen LogP contribution in [0.4, 0.5) is 18.9 Å². The molecule has 2 nitrogen and oxygen atoms in total. The lowest BCUT2D eigenvalue weighted by Crippen LogP contribution is -2.20. The minimum atomic E-state index is -4.30. The second kappa shape index (κ2) is 4.00. The lowest BCUT2D eigenvalue weighted by Gasteiger charge is -2.21. The van der Waals surface area contributed by atoms with Gasteiger partial charge in [0.15, 0.2) is 0 Å². The summed E-state index contributed by atoms with van der Waals surface area (Å²) in [5.74, 6) is 0. The number of nitrogens with zero attached hydrogens (tertiary/aromatic N) is 2. The molecule has 16 heavy (non-hydrogen) atoms. The number of rotatable bonds is 1. The molecule has 0 unspecified atom stereocenters. The Bertz CT molecular complexity index is 435. The Morgan fingerprint density at radius 3 is 2.69 bits per heavy atom. The van der Waals surface area contributed by atoms with Crippen molar-refractivity contribution in [2.45, 2.75) is 6.18 Å². The average molecular weight is 226 g/mol. The van der Waals surface area contributed by atoms with Gasteiger partial charge >= 0.3 is 6.18 Å². The van der Waals surface area contributed by atoms with Crippen LogP contribution in [0, 0.1) is 0 Å². The second-order valence-electron chi connectivity index (χ2n) is 3.33. The summed E-state index contributed by atoms with van der Waals surface area (Å²) in [6, 6.07) is 5.23. The van der Waals surface area contributed by atoms with Crippen LogP contribution in [0.2, 0.25) is 0 Å². The van der Waals surface area contributed by atoms with Crippen molar-refractivity contribution in [1.29, 1.82) is 0 Å². The summed E-state index contributed by atoms with van der Waals surface area (Å²) in [5, 5.41) is 0. The molecule has 1 aromatic carbocycles. The van der Waals surface area contributed by atoms with Gasteiger partial charge < -0.3 is 4.90 Å². The van der Waals surface area contributed by atoms with Gasteiger partial charge in [-0.2, -0.15) is 13.2 Å². The van der Waals surface area contributed by atoms with Crippen molar-refractivity contribution < 1.29 is 13.2 Å². The maximum Gasteiger partial charge on any atom is 0.416 e. The van der Waals surface area contributed by atoms with E-state index in [1.165, 1.54) is 6.07 Å². The van der Waals surface area contributed by atoms with E-state index in [9.17, 15) is 13.2 Å². The number of halogens is 3. The lowest BCUT2D eigenvalue weighted by atomic mass is 10.2. The summed E-state index contributed by atoms with van der Waals surface area (Å²) in [4.78, 5) is 5.55. The van der Waals surface area contributed by atoms with Crippen LogP contribution in [0.15, 0.2) is 41.7 Å². The zero-order chi connectivity index (χ0) is 11.6. The summed E-state index contributed by atoms with van der Waals surface area (Å²) in [5.41, 5.74) is -0.127. The Labute approximate surface area is 90.7 Å². The summed E-state index contributed by atoms with van der Waals surface area (Å²) >= 11 is 0. The van der Waals surface area contributed by atoms with E-state index in [1.807, 2.05) is 0 Å². The van der Waals surface area contributed by atoms with E-state index >= 15 is 0 Å². The van der Waals surface area contributed by atoms with Crippen molar-refractivity contribution in [1.82, 2.24) is 0 Å². The third kappa shape index (κ3) is 2.24. The van der Waals surface area contributed by atoms with E-state index in [0.29, 0.717) is 12.2 Å². The Morgan fingerprint density at radius 1 is 1.25 bits per heavy atom. The topological polar surface area (TPSA) is 15.6 Å². The smallest absolute Gasteiger partial charge is 0.341 e. The molecule has 1 aliphatic rings. The van der Waals surface area contributed by atoms with Gasteiger partial charge in [-0.05, 0) is 18.2 Å². The largest absolute Gasteiger partial charge is 0.416 e. The minimum Gasteiger partial charge on any atom is -0.341 e. The Kier molecular flexibility index (Phi) is 2.68. The van der Waals surface area contributed by atoms with Gasteiger partial charge in [0.2, 0.25) is 0 Å². The average Bonchev–Trinajstić information content (AvgIpc) is 2.29. The first-order valence-corrected chi connectivity index (χ1v) is 4.69. The monoisotopic (exact) mass is 226 g/mol. The Morgan fingerprint density at radius 2 is 2.06 bits per heavy atom. The first kappa shape index (κ1) is 10.7. The zero-order valence-electron chi connectivity index (χ0n) is 8.28. The van der Waals surface area contributed by atoms with Crippen molar-refractivity contribution in [3.63, 3.8) is 0 Å². The van der Waals surface area contributed by atoms with Crippen molar-refractivity contribution in [2.75, 3.05) is 11.4 Å². The number of alkyl halides is 3. The maximum atomic E-state index is 12.5. The molecule has 1 aromatic rings. The molecule has 84 valence electrons. The normalized spacial score (nSPS) is 15.6. The van der Waals surface area contributed by atoms with Gasteiger partial charge in [0.25, 0.3) is 0 Å². The maximum absolute atomic E-state index is 12.5. The molecule has 0 fully saturated rings. The fraction of sp³-hybridized carbons (Fsp3) is 0.182. The summed E-state index contributed by atoms with van der Waals surface area (Å²) < 4.78 is 37.4. The second-order valence-corrected chi connectivity index (χ2v) is 3.33. The number of benzene rings is 1. The molecule has 0 aromatic heterocycles. The molecule has 0 amide bonds. The van der Waals surface area contributed by atoms with Crippen LogP contribution >= 0.6 is 0 Å². The van der Waals surface area contributed by atoms with E-state index in [4.69, 9.17) is 0 Å². The molecule has 1 heterocycles. The van der Waals surface area contributed by atoms with Crippen LogP contribution in [0.3, 0.4) is 0 Å². The molecule has 0 N–H and O–H groups in total. The SMILES string of the molecule is FC(F)(F)c1cccc(N2C=CN=CC2)c1. The molecule has 1 aliphatic heterocycles. The number of hydrogen-bond acceptors (Lipinski definition) is 2. The molecule has 0 spiro atoms. The van der Waals surface area contributed by atoms with Crippen LogP contribution in [-0.4, -0.2) is 12.8 Å². The minimum absolute atomic E-state index is 0.484. The van der Waals surface area contributed by atoms with E-state index in [1.54, 1.807) is 29.6 Å². The van der Waals surface area contributed by atoms with E-state index in [-0.39, 0.29) is 0 Å². The number of hydrogen-bond donors (Lipinski definition) is 0. The highest BCUT2D eigenvalue weighted by Crippen LogP contribution is 2.31. The third-order valence-electron chi connectivity index (χ3n) is 2.22. The highest BCUT2D eigenvalue weighted by atomic mass is 19.4. The van der Waals surface area contributed by atoms with Crippen LogP contribution in [0.25, 0.3) is 0 Å². The summed E-state index contributed by atoms with van der Waals surface area (Å²) in [7, 11) is 0. The molecular formula is C11H9F3N2. The van der Waals surface area contributed by atoms with Crippen molar-refractivity contribution in [2.24, 2.45) is 4.99 Å². The molecule has 0 aliphatic carbocycles. The van der Waals surface area contributed by atoms with Gasteiger partial charge in [-0.1, -0.05) is 6.07 Å². The van der Waals surface area contributed by atoms with Crippen molar-refractivity contribution >= 4 is 11.9 Å². The van der Waals surface area contributed by atoms with Crippen molar-refractivity contribution in [3.8, 4) is 0 Å². The van der Waals surface area contributed by atoms with Gasteiger partial charge in [0.05, 0.1) is 12.1 Å². The molecule has 0 bridgehead atoms. The van der Waals surface area contributed by atoms with Crippen LogP contribution in [0.1, 0.15) is 5.56 Å². The van der Waals surface area contributed by atoms with Crippen molar-refractivity contribution in [3.05, 3.63) is 42.2 Å². The molecule has 0 radical (unpaired) electrons. The van der Waals surface area contributed by atoms with E-state index in [0.717, 1.165) is 12.1 Å². The molecule has 0 atom stereocenters. The van der Waals surface area contributed by atoms with Crippen LogP contribution in [0.5, 0.6) is 0 Å². The Hall–Kier alpha value is -1.78. The first-order valence-electron chi connectivity index (χ1n) is 4.69. The molecular weight excluding hydrogens is 217 g/mol. The van der Waals surface area contributed by atoms with E-state index in [2.05, 4.69) is 4.99 Å². The van der Waals surface area contributed by atoms with E-state index < -0.39 is 11.7 Å². The summed E-state index contributed by atoms with van der Waals surface area (Å²) in [6.07, 6.45) is 0.531. The van der Waals surface area contributed by atoms with Crippen LogP contribution in [-0.2, 0) is 6.18 Å². The van der Waals surface area contributed by atoms with Gasteiger partial charge in [-0.15, -0.1) is 0 Å². The predicted molar refractivity (Wildman–Crippen MR) is 56.4 cm³/mol. The standard InChI is InChI=1S/C11H9F3N2/c12-11(13,14)9-2-1-3-10(8-9)16-6-4-15-5-7-16/h1-6,8H,7H2. The number of aliphatic imine (C=N–C) groups is 1. The fourth-order valence-corrected chi connectivity index (χ4v) is 1.43. The molecule has 0 saturated heterocycles. The fourth-order valence-electron chi connectivity index (χ4n) is 1.43. The van der Waals surface area contributed by atoms with Gasteiger partial charge in [-0.3, -0.25) is 4.99 Å². The molecule has 5 heteroatoms.